The van der Waals surface area contributed by atoms with E-state index in [0.717, 1.165) is 25.7 Å². The molecule has 1 saturated carbocycles. The van der Waals surface area contributed by atoms with E-state index >= 15 is 0 Å². The van der Waals surface area contributed by atoms with E-state index in [1.807, 2.05) is 0 Å². The van der Waals surface area contributed by atoms with Crippen molar-refractivity contribution < 1.29 is 13.2 Å². The van der Waals surface area contributed by atoms with Gasteiger partial charge < -0.3 is 10.6 Å². The second-order valence-corrected chi connectivity index (χ2v) is 10.8. The zero-order valence-corrected chi connectivity index (χ0v) is 17.7. The first-order valence-corrected chi connectivity index (χ1v) is 11.9. The second kappa shape index (κ2) is 8.59. The highest BCUT2D eigenvalue weighted by Gasteiger charge is 2.49. The topological polar surface area (TPSA) is 75.3 Å². The van der Waals surface area contributed by atoms with Crippen LogP contribution in [0.1, 0.15) is 49.8 Å². The van der Waals surface area contributed by atoms with Gasteiger partial charge in [0.25, 0.3) is 0 Å². The van der Waals surface area contributed by atoms with E-state index in [1.165, 1.54) is 17.6 Å². The van der Waals surface area contributed by atoms with Crippen LogP contribution in [0.25, 0.3) is 0 Å². The Kier molecular flexibility index (Phi) is 7.16. The van der Waals surface area contributed by atoms with Gasteiger partial charge in [-0.05, 0) is 50.2 Å². The number of nitrogens with one attached hydrogen (secondary N) is 2. The van der Waals surface area contributed by atoms with E-state index in [9.17, 15) is 13.2 Å². The van der Waals surface area contributed by atoms with Crippen molar-refractivity contribution in [3.8, 4) is 0 Å². The number of rotatable bonds is 5. The van der Waals surface area contributed by atoms with Gasteiger partial charge in [0.1, 0.15) is 0 Å². The van der Waals surface area contributed by atoms with E-state index in [4.69, 9.17) is 0 Å². The van der Waals surface area contributed by atoms with Crippen LogP contribution in [0.5, 0.6) is 0 Å². The Hall–Kier alpha value is -0.630. The van der Waals surface area contributed by atoms with Crippen molar-refractivity contribution in [1.29, 1.82) is 0 Å². The Balaban J connectivity index is 0.00000243. The number of amides is 1. The van der Waals surface area contributed by atoms with Gasteiger partial charge in [-0.1, -0.05) is 25.3 Å². The highest BCUT2D eigenvalue weighted by atomic mass is 35.5. The highest BCUT2D eigenvalue weighted by Crippen LogP contribution is 2.41. The fraction of sp³-hybridized carbons (Fsp3) is 0.722. The summed E-state index contributed by atoms with van der Waals surface area (Å²) in [7, 11) is -3.46. The Morgan fingerprint density at radius 3 is 2.38 bits per heavy atom. The summed E-state index contributed by atoms with van der Waals surface area (Å²) in [5.41, 5.74) is -0.0340. The van der Waals surface area contributed by atoms with Gasteiger partial charge in [-0.25, -0.2) is 8.42 Å². The number of halogens is 1. The van der Waals surface area contributed by atoms with Crippen LogP contribution in [0.2, 0.25) is 0 Å². The number of hydrogen-bond acceptors (Lipinski definition) is 5. The van der Waals surface area contributed by atoms with Crippen molar-refractivity contribution in [2.75, 3.05) is 25.9 Å². The minimum absolute atomic E-state index is 0. The molecule has 26 heavy (non-hydrogen) atoms. The molecule has 0 unspecified atom stereocenters. The molecule has 0 bridgehead atoms. The van der Waals surface area contributed by atoms with Crippen molar-refractivity contribution >= 4 is 39.5 Å². The first-order chi connectivity index (χ1) is 11.9. The van der Waals surface area contributed by atoms with Crippen molar-refractivity contribution in [2.24, 2.45) is 0 Å². The van der Waals surface area contributed by atoms with Gasteiger partial charge in [0.2, 0.25) is 5.91 Å². The Morgan fingerprint density at radius 2 is 1.85 bits per heavy atom. The molecule has 2 heterocycles. The lowest BCUT2D eigenvalue weighted by atomic mass is 9.73. The molecule has 8 heteroatoms. The molecule has 1 aliphatic heterocycles. The molecule has 1 saturated heterocycles. The molecule has 0 radical (unpaired) electrons. The van der Waals surface area contributed by atoms with Crippen LogP contribution in [-0.4, -0.2) is 45.0 Å². The molecule has 148 valence electrons. The van der Waals surface area contributed by atoms with E-state index < -0.39 is 14.6 Å². The molecule has 1 aromatic heterocycles. The molecule has 0 aromatic carbocycles. The standard InChI is InChI=1S/C18H28N2O3S2.ClH/c1-25(22,23)18(9-11-19-12-10-18)16(21)20-14-17(7-3-2-4-8-17)15-6-5-13-24-15;/h5-6,13,19H,2-4,7-12,14H2,1H3,(H,20,21);1H. The number of sulfone groups is 1. The molecule has 2 aliphatic rings. The summed E-state index contributed by atoms with van der Waals surface area (Å²) in [6, 6.07) is 4.21. The summed E-state index contributed by atoms with van der Waals surface area (Å²) in [6.07, 6.45) is 7.58. The van der Waals surface area contributed by atoms with Crippen LogP contribution in [-0.2, 0) is 20.0 Å². The molecule has 0 spiro atoms. The Bertz CT molecular complexity index is 692. The molecule has 2 N–H and O–H groups in total. The molecule has 1 amide bonds. The summed E-state index contributed by atoms with van der Waals surface area (Å²) < 4.78 is 23.6. The van der Waals surface area contributed by atoms with Gasteiger partial charge in [-0.2, -0.15) is 0 Å². The third-order valence-electron chi connectivity index (χ3n) is 5.98. The van der Waals surface area contributed by atoms with Crippen LogP contribution >= 0.6 is 23.7 Å². The predicted octanol–water partition coefficient (Wildman–Crippen LogP) is 2.65. The monoisotopic (exact) mass is 420 g/mol. The molecule has 3 rings (SSSR count). The first-order valence-electron chi connectivity index (χ1n) is 9.12. The van der Waals surface area contributed by atoms with Crippen LogP contribution in [0.4, 0.5) is 0 Å². The fourth-order valence-electron chi connectivity index (χ4n) is 4.33. The predicted molar refractivity (Wildman–Crippen MR) is 109 cm³/mol. The fourth-order valence-corrected chi connectivity index (χ4v) is 6.67. The molecule has 5 nitrogen and oxygen atoms in total. The maximum atomic E-state index is 13.0. The molecule has 1 aliphatic carbocycles. The zero-order chi connectivity index (χ0) is 18.0. The molecule has 2 fully saturated rings. The lowest BCUT2D eigenvalue weighted by Gasteiger charge is -2.39. The lowest BCUT2D eigenvalue weighted by molar-refractivity contribution is -0.124. The minimum Gasteiger partial charge on any atom is -0.354 e. The average molecular weight is 421 g/mol. The van der Waals surface area contributed by atoms with Crippen molar-refractivity contribution in [1.82, 2.24) is 10.6 Å². The lowest BCUT2D eigenvalue weighted by Crippen LogP contribution is -2.58. The average Bonchev–Trinajstić information content (AvgIpc) is 3.15. The third-order valence-corrected chi connectivity index (χ3v) is 9.11. The Morgan fingerprint density at radius 1 is 1.19 bits per heavy atom. The summed E-state index contributed by atoms with van der Waals surface area (Å²) in [5.74, 6) is -0.307. The second-order valence-electron chi connectivity index (χ2n) is 7.52. The van der Waals surface area contributed by atoms with E-state index in [0.29, 0.717) is 32.5 Å². The van der Waals surface area contributed by atoms with Crippen molar-refractivity contribution in [2.45, 2.75) is 55.1 Å². The normalized spacial score (nSPS) is 22.2. The van der Waals surface area contributed by atoms with Crippen molar-refractivity contribution in [3.05, 3.63) is 22.4 Å². The third kappa shape index (κ3) is 4.11. The maximum absolute atomic E-state index is 13.0. The van der Waals surface area contributed by atoms with E-state index in [2.05, 4.69) is 28.1 Å². The molecular weight excluding hydrogens is 392 g/mol. The molecule has 0 atom stereocenters. The maximum Gasteiger partial charge on any atom is 0.241 e. The summed E-state index contributed by atoms with van der Waals surface area (Å²) in [6.45, 7) is 1.67. The van der Waals surface area contributed by atoms with Gasteiger partial charge in [-0.15, -0.1) is 23.7 Å². The zero-order valence-electron chi connectivity index (χ0n) is 15.3. The first kappa shape index (κ1) is 21.7. The van der Waals surface area contributed by atoms with Gasteiger partial charge in [0.05, 0.1) is 0 Å². The number of thiophene rings is 1. The smallest absolute Gasteiger partial charge is 0.241 e. The number of carbonyl (C=O) groups is 1. The summed E-state index contributed by atoms with van der Waals surface area (Å²) in [5, 5.41) is 8.30. The Labute approximate surface area is 166 Å². The quantitative estimate of drug-likeness (QED) is 0.767. The molecule has 1 aromatic rings. The van der Waals surface area contributed by atoms with Gasteiger partial charge in [-0.3, -0.25) is 4.79 Å². The summed E-state index contributed by atoms with van der Waals surface area (Å²) in [4.78, 5) is 14.3. The highest BCUT2D eigenvalue weighted by molar-refractivity contribution is 7.92. The van der Waals surface area contributed by atoms with Crippen molar-refractivity contribution in [3.63, 3.8) is 0 Å². The van der Waals surface area contributed by atoms with Crippen LogP contribution in [0.3, 0.4) is 0 Å². The van der Waals surface area contributed by atoms with Gasteiger partial charge in [0, 0.05) is 23.1 Å². The van der Waals surface area contributed by atoms with E-state index in [1.54, 1.807) is 11.3 Å². The number of piperidine rings is 1. The summed E-state index contributed by atoms with van der Waals surface area (Å²) >= 11 is 1.74. The van der Waals surface area contributed by atoms with Gasteiger partial charge >= 0.3 is 0 Å². The minimum atomic E-state index is -3.46. The molecular formula is C18H29ClN2O3S2. The van der Waals surface area contributed by atoms with Crippen LogP contribution in [0, 0.1) is 0 Å². The largest absolute Gasteiger partial charge is 0.354 e. The van der Waals surface area contributed by atoms with Crippen LogP contribution in [0.15, 0.2) is 17.5 Å². The SMILES string of the molecule is CS(=O)(=O)C1(C(=O)NCC2(c3cccs3)CCCCC2)CCNCC1.Cl. The van der Waals surface area contributed by atoms with Gasteiger partial charge in [0.15, 0.2) is 14.6 Å². The van der Waals surface area contributed by atoms with Crippen LogP contribution < -0.4 is 10.6 Å². The number of carbonyl (C=O) groups excluding carboxylic acids is 1. The van der Waals surface area contributed by atoms with E-state index in [-0.39, 0.29) is 23.7 Å². The number of hydrogen-bond donors (Lipinski definition) is 2.